The van der Waals surface area contributed by atoms with Gasteiger partial charge < -0.3 is 14.1 Å². The molecule has 0 amide bonds. The van der Waals surface area contributed by atoms with Crippen LogP contribution in [0.2, 0.25) is 0 Å². The molecular weight excluding hydrogens is 416 g/mol. The molecule has 0 aliphatic heterocycles. The van der Waals surface area contributed by atoms with Crippen LogP contribution in [0.5, 0.6) is 5.75 Å². The van der Waals surface area contributed by atoms with Crippen molar-refractivity contribution >= 4 is 33.8 Å². The zero-order valence-corrected chi connectivity index (χ0v) is 18.5. The molecule has 0 aliphatic rings. The quantitative estimate of drug-likeness (QED) is 0.370. The maximum absolute atomic E-state index is 13.4. The van der Waals surface area contributed by atoms with Gasteiger partial charge in [-0.05, 0) is 48.0 Å². The molecule has 164 valence electrons. The van der Waals surface area contributed by atoms with Crippen molar-refractivity contribution in [2.45, 2.75) is 0 Å². The van der Waals surface area contributed by atoms with Crippen molar-refractivity contribution in [2.24, 2.45) is 5.10 Å². The Bertz CT molecular complexity index is 1550. The number of aromatic nitrogens is 2. The van der Waals surface area contributed by atoms with E-state index in [0.29, 0.717) is 33.8 Å². The fourth-order valence-corrected chi connectivity index (χ4v) is 3.70. The third-order valence-electron chi connectivity index (χ3n) is 5.45. The van der Waals surface area contributed by atoms with E-state index in [9.17, 15) is 4.79 Å². The van der Waals surface area contributed by atoms with Crippen LogP contribution in [0.1, 0.15) is 5.56 Å². The molecule has 33 heavy (non-hydrogen) atoms. The highest BCUT2D eigenvalue weighted by molar-refractivity contribution is 5.88. The molecule has 0 atom stereocenters. The number of rotatable bonds is 5. The van der Waals surface area contributed by atoms with Crippen LogP contribution in [-0.4, -0.2) is 37.1 Å². The molecule has 5 rings (SSSR count). The van der Waals surface area contributed by atoms with Crippen LogP contribution in [0.15, 0.2) is 87.1 Å². The summed E-state index contributed by atoms with van der Waals surface area (Å²) in [4.78, 5) is 20.1. The number of furan rings is 1. The molecule has 0 N–H and O–H groups in total. The third kappa shape index (κ3) is 3.74. The van der Waals surface area contributed by atoms with E-state index in [1.807, 2.05) is 79.7 Å². The summed E-state index contributed by atoms with van der Waals surface area (Å²) in [6.45, 7) is 0. The summed E-state index contributed by atoms with van der Waals surface area (Å²) < 4.78 is 12.8. The highest BCUT2D eigenvalue weighted by Gasteiger charge is 2.17. The standard InChI is InChI=1S/C26H22N4O3/c1-29(2)18-13-11-17(12-14-18)16-27-30-25(28-21-8-5-4-7-19(21)26(30)31)24-15-20-22(32-3)9-6-10-23(20)33-24/h4-16H,1-3H3. The maximum Gasteiger partial charge on any atom is 0.282 e. The van der Waals surface area contributed by atoms with Gasteiger partial charge in [0.2, 0.25) is 5.82 Å². The van der Waals surface area contributed by atoms with Gasteiger partial charge in [-0.3, -0.25) is 4.79 Å². The third-order valence-corrected chi connectivity index (χ3v) is 5.45. The van der Waals surface area contributed by atoms with Gasteiger partial charge in [0, 0.05) is 19.8 Å². The number of hydrogen-bond acceptors (Lipinski definition) is 6. The molecule has 0 fully saturated rings. The normalized spacial score (nSPS) is 11.5. The Morgan fingerprint density at radius 2 is 1.79 bits per heavy atom. The number of methoxy groups -OCH3 is 1. The van der Waals surface area contributed by atoms with Gasteiger partial charge in [0.25, 0.3) is 5.56 Å². The van der Waals surface area contributed by atoms with Crippen LogP contribution in [0.25, 0.3) is 33.5 Å². The summed E-state index contributed by atoms with van der Waals surface area (Å²) in [6, 6.07) is 22.5. The van der Waals surface area contributed by atoms with Crippen molar-refractivity contribution in [1.82, 2.24) is 9.66 Å². The highest BCUT2D eigenvalue weighted by Crippen LogP contribution is 2.32. The number of fused-ring (bicyclic) bond motifs is 2. The Balaban J connectivity index is 1.68. The average Bonchev–Trinajstić information content (AvgIpc) is 3.28. The summed E-state index contributed by atoms with van der Waals surface area (Å²) in [5.41, 5.74) is 2.88. The number of hydrogen-bond donors (Lipinski definition) is 0. The fraction of sp³-hybridized carbons (Fsp3) is 0.115. The van der Waals surface area contributed by atoms with Crippen LogP contribution >= 0.6 is 0 Å². The van der Waals surface area contributed by atoms with Crippen LogP contribution in [0.3, 0.4) is 0 Å². The first kappa shape index (κ1) is 20.5. The summed E-state index contributed by atoms with van der Waals surface area (Å²) in [5, 5.41) is 5.78. The van der Waals surface area contributed by atoms with E-state index in [4.69, 9.17) is 14.1 Å². The van der Waals surface area contributed by atoms with Gasteiger partial charge in [-0.25, -0.2) is 4.98 Å². The van der Waals surface area contributed by atoms with Crippen molar-refractivity contribution in [3.63, 3.8) is 0 Å². The second-order valence-corrected chi connectivity index (χ2v) is 7.78. The topological polar surface area (TPSA) is 72.9 Å². The largest absolute Gasteiger partial charge is 0.496 e. The molecule has 0 radical (unpaired) electrons. The minimum absolute atomic E-state index is 0.274. The first-order chi connectivity index (χ1) is 16.0. The molecule has 2 heterocycles. The predicted molar refractivity (Wildman–Crippen MR) is 132 cm³/mol. The van der Waals surface area contributed by atoms with E-state index >= 15 is 0 Å². The number of para-hydroxylation sites is 1. The number of nitrogens with zero attached hydrogens (tertiary/aromatic N) is 4. The van der Waals surface area contributed by atoms with E-state index in [0.717, 1.165) is 16.6 Å². The monoisotopic (exact) mass is 438 g/mol. The van der Waals surface area contributed by atoms with Crippen LogP contribution in [0.4, 0.5) is 5.69 Å². The Morgan fingerprint density at radius 3 is 2.55 bits per heavy atom. The van der Waals surface area contributed by atoms with Gasteiger partial charge in [-0.2, -0.15) is 9.78 Å². The van der Waals surface area contributed by atoms with E-state index in [1.165, 1.54) is 4.68 Å². The lowest BCUT2D eigenvalue weighted by molar-refractivity contribution is 0.419. The van der Waals surface area contributed by atoms with Gasteiger partial charge in [0.1, 0.15) is 11.3 Å². The predicted octanol–water partition coefficient (Wildman–Crippen LogP) is 4.77. The second kappa shape index (κ2) is 8.27. The Hall–Kier alpha value is -4.39. The van der Waals surface area contributed by atoms with Gasteiger partial charge in [-0.15, -0.1) is 0 Å². The van der Waals surface area contributed by atoms with Crippen molar-refractivity contribution < 1.29 is 9.15 Å². The molecule has 0 bridgehead atoms. The molecule has 3 aromatic carbocycles. The number of anilines is 1. The Morgan fingerprint density at radius 1 is 1.00 bits per heavy atom. The molecule has 7 heteroatoms. The van der Waals surface area contributed by atoms with E-state index in [1.54, 1.807) is 25.5 Å². The minimum atomic E-state index is -0.274. The molecule has 0 unspecified atom stereocenters. The average molecular weight is 438 g/mol. The van der Waals surface area contributed by atoms with Gasteiger partial charge in [0.15, 0.2) is 5.76 Å². The van der Waals surface area contributed by atoms with Crippen molar-refractivity contribution in [1.29, 1.82) is 0 Å². The zero-order chi connectivity index (χ0) is 22.9. The van der Waals surface area contributed by atoms with Crippen molar-refractivity contribution in [3.8, 4) is 17.3 Å². The fourth-order valence-electron chi connectivity index (χ4n) is 3.70. The first-order valence-corrected chi connectivity index (χ1v) is 10.5. The molecule has 7 nitrogen and oxygen atoms in total. The van der Waals surface area contributed by atoms with Crippen molar-refractivity contribution in [2.75, 3.05) is 26.1 Å². The Kier molecular flexibility index (Phi) is 5.14. The van der Waals surface area contributed by atoms with E-state index in [-0.39, 0.29) is 5.56 Å². The molecule has 2 aromatic heterocycles. The van der Waals surface area contributed by atoms with Crippen LogP contribution in [-0.2, 0) is 0 Å². The lowest BCUT2D eigenvalue weighted by atomic mass is 10.2. The minimum Gasteiger partial charge on any atom is -0.496 e. The van der Waals surface area contributed by atoms with Crippen molar-refractivity contribution in [3.05, 3.63) is 88.7 Å². The van der Waals surface area contributed by atoms with Crippen LogP contribution in [0, 0.1) is 0 Å². The van der Waals surface area contributed by atoms with E-state index < -0.39 is 0 Å². The van der Waals surface area contributed by atoms with Gasteiger partial charge >= 0.3 is 0 Å². The molecule has 5 aromatic rings. The first-order valence-electron chi connectivity index (χ1n) is 10.5. The summed E-state index contributed by atoms with van der Waals surface area (Å²) in [7, 11) is 5.58. The number of ether oxygens (including phenoxy) is 1. The maximum atomic E-state index is 13.4. The lowest BCUT2D eigenvalue weighted by Gasteiger charge is -2.11. The van der Waals surface area contributed by atoms with Gasteiger partial charge in [0.05, 0.1) is 29.6 Å². The summed E-state index contributed by atoms with van der Waals surface area (Å²) in [5.74, 6) is 1.43. The molecule has 0 saturated carbocycles. The molecule has 0 spiro atoms. The summed E-state index contributed by atoms with van der Waals surface area (Å²) in [6.07, 6.45) is 1.64. The van der Waals surface area contributed by atoms with Gasteiger partial charge in [-0.1, -0.05) is 30.3 Å². The number of benzene rings is 3. The molecule has 0 saturated heterocycles. The SMILES string of the molecule is COc1cccc2oc(-c3nc4ccccc4c(=O)n3N=Cc3ccc(N(C)C)cc3)cc12. The smallest absolute Gasteiger partial charge is 0.282 e. The van der Waals surface area contributed by atoms with Crippen LogP contribution < -0.4 is 15.2 Å². The highest BCUT2D eigenvalue weighted by atomic mass is 16.5. The lowest BCUT2D eigenvalue weighted by Crippen LogP contribution is -2.20. The Labute approximate surface area is 190 Å². The molecule has 0 aliphatic carbocycles. The molecular formula is C26H22N4O3. The van der Waals surface area contributed by atoms with E-state index in [2.05, 4.69) is 5.10 Å². The second-order valence-electron chi connectivity index (χ2n) is 7.78. The summed E-state index contributed by atoms with van der Waals surface area (Å²) >= 11 is 0. The zero-order valence-electron chi connectivity index (χ0n) is 18.5.